The molecule has 2 rings (SSSR count). The van der Waals surface area contributed by atoms with Crippen LogP contribution >= 0.6 is 15.9 Å². The molecule has 0 aromatic heterocycles. The molecule has 0 N–H and O–H groups in total. The molecule has 0 unspecified atom stereocenters. The van der Waals surface area contributed by atoms with Gasteiger partial charge in [0.25, 0.3) is 0 Å². The third-order valence-electron chi connectivity index (χ3n) is 2.93. The minimum Gasteiger partial charge on any atom is -0.381 e. The molecular formula is C13H15BrO2. The van der Waals surface area contributed by atoms with Crippen molar-refractivity contribution in [2.45, 2.75) is 19.8 Å². The third-order valence-corrected chi connectivity index (χ3v) is 3.42. The first-order valence-corrected chi connectivity index (χ1v) is 6.39. The lowest BCUT2D eigenvalue weighted by atomic mass is 9.93. The largest absolute Gasteiger partial charge is 0.381 e. The van der Waals surface area contributed by atoms with Crippen LogP contribution in [0.15, 0.2) is 22.7 Å². The molecule has 16 heavy (non-hydrogen) atoms. The van der Waals surface area contributed by atoms with Gasteiger partial charge < -0.3 is 4.74 Å². The summed E-state index contributed by atoms with van der Waals surface area (Å²) in [7, 11) is 0. The minimum atomic E-state index is 0.248. The summed E-state index contributed by atoms with van der Waals surface area (Å²) in [4.78, 5) is 12.1. The van der Waals surface area contributed by atoms with E-state index in [-0.39, 0.29) is 5.78 Å². The van der Waals surface area contributed by atoms with Gasteiger partial charge in [-0.2, -0.15) is 0 Å². The summed E-state index contributed by atoms with van der Waals surface area (Å²) in [5.41, 5.74) is 2.00. The van der Waals surface area contributed by atoms with Crippen LogP contribution in [0.1, 0.15) is 29.3 Å². The molecule has 0 atom stereocenters. The summed E-state index contributed by atoms with van der Waals surface area (Å²) in [6.07, 6.45) is 1.51. The maximum absolute atomic E-state index is 12.1. The standard InChI is InChI=1S/C13H15BrO2/c1-2-10-6-11(14)3-4-12(10)13(15)5-9-7-16-8-9/h3-4,6,9H,2,5,7-8H2,1H3. The molecular weight excluding hydrogens is 268 g/mol. The molecule has 1 aliphatic heterocycles. The Hall–Kier alpha value is -0.670. The van der Waals surface area contributed by atoms with Crippen molar-refractivity contribution >= 4 is 21.7 Å². The SMILES string of the molecule is CCc1cc(Br)ccc1C(=O)CC1COC1. The van der Waals surface area contributed by atoms with E-state index in [1.165, 1.54) is 0 Å². The van der Waals surface area contributed by atoms with Gasteiger partial charge in [0.05, 0.1) is 13.2 Å². The Morgan fingerprint density at radius 3 is 2.81 bits per heavy atom. The van der Waals surface area contributed by atoms with Crippen LogP contribution in [-0.2, 0) is 11.2 Å². The van der Waals surface area contributed by atoms with Crippen molar-refractivity contribution in [2.24, 2.45) is 5.92 Å². The number of ether oxygens (including phenoxy) is 1. The van der Waals surface area contributed by atoms with E-state index in [4.69, 9.17) is 4.74 Å². The summed E-state index contributed by atoms with van der Waals surface area (Å²) in [6.45, 7) is 3.55. The van der Waals surface area contributed by atoms with Gasteiger partial charge in [0, 0.05) is 22.4 Å². The highest BCUT2D eigenvalue weighted by molar-refractivity contribution is 9.10. The third kappa shape index (κ3) is 2.53. The quantitative estimate of drug-likeness (QED) is 0.793. The number of rotatable bonds is 4. The Morgan fingerprint density at radius 1 is 1.50 bits per heavy atom. The zero-order chi connectivity index (χ0) is 11.5. The van der Waals surface area contributed by atoms with Crippen LogP contribution in [0.2, 0.25) is 0 Å². The zero-order valence-electron chi connectivity index (χ0n) is 9.33. The molecule has 0 spiro atoms. The molecule has 0 saturated carbocycles. The van der Waals surface area contributed by atoms with Crippen LogP contribution in [0.4, 0.5) is 0 Å². The van der Waals surface area contributed by atoms with E-state index in [2.05, 4.69) is 22.9 Å². The highest BCUT2D eigenvalue weighted by Crippen LogP contribution is 2.22. The molecule has 0 radical (unpaired) electrons. The van der Waals surface area contributed by atoms with Gasteiger partial charge in [-0.15, -0.1) is 0 Å². The number of ketones is 1. The molecule has 0 bridgehead atoms. The Bertz CT molecular complexity index is 397. The predicted molar refractivity (Wildman–Crippen MR) is 66.8 cm³/mol. The smallest absolute Gasteiger partial charge is 0.163 e. The molecule has 0 aliphatic carbocycles. The number of hydrogen-bond acceptors (Lipinski definition) is 2. The van der Waals surface area contributed by atoms with E-state index < -0.39 is 0 Å². The topological polar surface area (TPSA) is 26.3 Å². The minimum absolute atomic E-state index is 0.248. The Morgan fingerprint density at radius 2 is 2.25 bits per heavy atom. The fourth-order valence-corrected chi connectivity index (χ4v) is 2.31. The fraction of sp³-hybridized carbons (Fsp3) is 0.462. The van der Waals surface area contributed by atoms with Crippen molar-refractivity contribution < 1.29 is 9.53 Å². The van der Waals surface area contributed by atoms with E-state index in [0.29, 0.717) is 12.3 Å². The van der Waals surface area contributed by atoms with E-state index >= 15 is 0 Å². The van der Waals surface area contributed by atoms with Gasteiger partial charge in [-0.05, 0) is 24.1 Å². The molecule has 0 amide bonds. The maximum atomic E-state index is 12.1. The van der Waals surface area contributed by atoms with Crippen LogP contribution in [0, 0.1) is 5.92 Å². The molecule has 2 nitrogen and oxygen atoms in total. The van der Waals surface area contributed by atoms with Crippen molar-refractivity contribution in [1.29, 1.82) is 0 Å². The van der Waals surface area contributed by atoms with Crippen LogP contribution in [0.3, 0.4) is 0 Å². The molecule has 1 heterocycles. The number of benzene rings is 1. The van der Waals surface area contributed by atoms with Gasteiger partial charge in [0.15, 0.2) is 5.78 Å². The summed E-state index contributed by atoms with van der Waals surface area (Å²) >= 11 is 3.43. The number of carbonyl (C=O) groups excluding carboxylic acids is 1. The highest BCUT2D eigenvalue weighted by atomic mass is 79.9. The molecule has 1 aromatic rings. The first kappa shape index (κ1) is 11.8. The second kappa shape index (κ2) is 5.11. The van der Waals surface area contributed by atoms with Gasteiger partial charge in [-0.1, -0.05) is 28.9 Å². The van der Waals surface area contributed by atoms with Gasteiger partial charge in [-0.25, -0.2) is 0 Å². The predicted octanol–water partition coefficient (Wildman–Crippen LogP) is 3.23. The van der Waals surface area contributed by atoms with E-state index in [1.807, 2.05) is 18.2 Å². The van der Waals surface area contributed by atoms with E-state index in [0.717, 1.165) is 35.2 Å². The second-order valence-corrected chi connectivity index (χ2v) is 5.10. The monoisotopic (exact) mass is 282 g/mol. The number of aryl methyl sites for hydroxylation is 1. The summed E-state index contributed by atoms with van der Waals surface area (Å²) in [5.74, 6) is 0.679. The van der Waals surface area contributed by atoms with Crippen molar-refractivity contribution in [3.63, 3.8) is 0 Å². The number of hydrogen-bond donors (Lipinski definition) is 0. The van der Waals surface area contributed by atoms with Crippen molar-refractivity contribution in [3.8, 4) is 0 Å². The normalized spacial score (nSPS) is 15.9. The molecule has 1 fully saturated rings. The molecule has 1 saturated heterocycles. The average molecular weight is 283 g/mol. The van der Waals surface area contributed by atoms with Crippen LogP contribution in [0.5, 0.6) is 0 Å². The van der Waals surface area contributed by atoms with Gasteiger partial charge in [0.1, 0.15) is 0 Å². The summed E-state index contributed by atoms with van der Waals surface area (Å²) in [6, 6.07) is 5.89. The van der Waals surface area contributed by atoms with Gasteiger partial charge >= 0.3 is 0 Å². The van der Waals surface area contributed by atoms with Crippen LogP contribution in [0.25, 0.3) is 0 Å². The lowest BCUT2D eigenvalue weighted by molar-refractivity contribution is -0.0322. The number of carbonyl (C=O) groups is 1. The average Bonchev–Trinajstić information content (AvgIpc) is 2.23. The van der Waals surface area contributed by atoms with Crippen molar-refractivity contribution in [1.82, 2.24) is 0 Å². The van der Waals surface area contributed by atoms with Crippen LogP contribution in [-0.4, -0.2) is 19.0 Å². The van der Waals surface area contributed by atoms with Crippen molar-refractivity contribution in [3.05, 3.63) is 33.8 Å². The number of Topliss-reactive ketones (excluding diaryl/α,β-unsaturated/α-hetero) is 1. The molecule has 3 heteroatoms. The number of halogens is 1. The highest BCUT2D eigenvalue weighted by Gasteiger charge is 2.23. The van der Waals surface area contributed by atoms with Gasteiger partial charge in [-0.3, -0.25) is 4.79 Å². The zero-order valence-corrected chi connectivity index (χ0v) is 10.9. The summed E-state index contributed by atoms with van der Waals surface area (Å²) < 4.78 is 6.12. The first-order chi connectivity index (χ1) is 7.70. The van der Waals surface area contributed by atoms with Gasteiger partial charge in [0.2, 0.25) is 0 Å². The Balaban J connectivity index is 2.14. The lowest BCUT2D eigenvalue weighted by Gasteiger charge is -2.25. The lowest BCUT2D eigenvalue weighted by Crippen LogP contribution is -2.29. The van der Waals surface area contributed by atoms with Crippen LogP contribution < -0.4 is 0 Å². The maximum Gasteiger partial charge on any atom is 0.163 e. The second-order valence-electron chi connectivity index (χ2n) is 4.19. The fourth-order valence-electron chi connectivity index (χ4n) is 1.90. The van der Waals surface area contributed by atoms with E-state index in [1.54, 1.807) is 0 Å². The Kier molecular flexibility index (Phi) is 3.77. The van der Waals surface area contributed by atoms with Crippen molar-refractivity contribution in [2.75, 3.05) is 13.2 Å². The molecule has 1 aliphatic rings. The molecule has 86 valence electrons. The first-order valence-electron chi connectivity index (χ1n) is 5.60. The summed E-state index contributed by atoms with van der Waals surface area (Å²) in [5, 5.41) is 0. The Labute approximate surface area is 104 Å². The van der Waals surface area contributed by atoms with E-state index in [9.17, 15) is 4.79 Å². The molecule has 1 aromatic carbocycles.